The average Bonchev–Trinajstić information content (AvgIpc) is 2.92. The van der Waals surface area contributed by atoms with Crippen molar-refractivity contribution in [2.75, 3.05) is 0 Å². The van der Waals surface area contributed by atoms with E-state index in [2.05, 4.69) is 108 Å². The van der Waals surface area contributed by atoms with E-state index in [0.29, 0.717) is 11.8 Å². The highest BCUT2D eigenvalue weighted by Gasteiger charge is 2.25. The highest BCUT2D eigenvalue weighted by molar-refractivity contribution is 5.67. The lowest BCUT2D eigenvalue weighted by Gasteiger charge is -2.22. The van der Waals surface area contributed by atoms with Crippen molar-refractivity contribution in [1.29, 1.82) is 0 Å². The monoisotopic (exact) mass is 375 g/mol. The van der Waals surface area contributed by atoms with Gasteiger partial charge in [-0.3, -0.25) is 0 Å². The van der Waals surface area contributed by atoms with Gasteiger partial charge in [0.25, 0.3) is 0 Å². The lowest BCUT2D eigenvalue weighted by molar-refractivity contribution is -0.661. The van der Waals surface area contributed by atoms with Crippen LogP contribution in [-0.2, 0) is 7.05 Å². The van der Waals surface area contributed by atoms with E-state index in [1.54, 1.807) is 0 Å². The van der Waals surface area contributed by atoms with Gasteiger partial charge in [0.1, 0.15) is 12.7 Å². The first-order valence-corrected chi connectivity index (χ1v) is 10.4. The van der Waals surface area contributed by atoms with Gasteiger partial charge >= 0.3 is 0 Å². The number of hydrogen-bond donors (Lipinski definition) is 0. The summed E-state index contributed by atoms with van der Waals surface area (Å²) >= 11 is 0. The van der Waals surface area contributed by atoms with E-state index in [4.69, 9.17) is 0 Å². The molecule has 2 heterocycles. The molecule has 0 aliphatic rings. The van der Waals surface area contributed by atoms with Gasteiger partial charge in [0, 0.05) is 17.8 Å². The summed E-state index contributed by atoms with van der Waals surface area (Å²) < 4.78 is 4.73. The molecule has 0 saturated heterocycles. The molecule has 3 rings (SSSR count). The normalized spacial score (nSPS) is 11.7. The molecule has 28 heavy (non-hydrogen) atoms. The Labute approximate surface area is 170 Å². The van der Waals surface area contributed by atoms with Crippen LogP contribution in [0.2, 0.25) is 0 Å². The summed E-state index contributed by atoms with van der Waals surface area (Å²) in [5.74, 6) is 0.941. The highest BCUT2D eigenvalue weighted by atomic mass is 15.0. The van der Waals surface area contributed by atoms with Crippen LogP contribution in [0.1, 0.15) is 72.9 Å². The van der Waals surface area contributed by atoms with Crippen molar-refractivity contribution in [3.8, 4) is 17.1 Å². The lowest BCUT2D eigenvalue weighted by Crippen LogP contribution is -2.32. The zero-order valence-electron chi connectivity index (χ0n) is 19.0. The first-order chi connectivity index (χ1) is 13.1. The van der Waals surface area contributed by atoms with Crippen LogP contribution in [-0.4, -0.2) is 4.57 Å². The van der Waals surface area contributed by atoms with Crippen LogP contribution in [0.3, 0.4) is 0 Å². The van der Waals surface area contributed by atoms with Crippen molar-refractivity contribution in [2.45, 2.75) is 67.2 Å². The fraction of sp³-hybridized carbons (Fsp3) is 0.423. The number of rotatable bonds is 4. The summed E-state index contributed by atoms with van der Waals surface area (Å²) in [6.07, 6.45) is 4.57. The van der Waals surface area contributed by atoms with Crippen LogP contribution in [0, 0.1) is 27.7 Å². The quantitative estimate of drug-likeness (QED) is 0.463. The number of para-hydroxylation sites is 1. The molecule has 2 nitrogen and oxygen atoms in total. The second-order valence-corrected chi connectivity index (χ2v) is 8.89. The molecule has 0 aliphatic carbocycles. The van der Waals surface area contributed by atoms with Crippen molar-refractivity contribution < 1.29 is 4.57 Å². The molecule has 0 fully saturated rings. The minimum atomic E-state index is 0.470. The Morgan fingerprint density at radius 1 is 0.821 bits per heavy atom. The molecule has 1 aromatic carbocycles. The smallest absolute Gasteiger partial charge is 0.229 e. The zero-order valence-corrected chi connectivity index (χ0v) is 19.0. The maximum absolute atomic E-state index is 2.46. The van der Waals surface area contributed by atoms with E-state index in [9.17, 15) is 0 Å². The summed E-state index contributed by atoms with van der Waals surface area (Å²) in [5.41, 5.74) is 12.1. The second kappa shape index (κ2) is 7.58. The van der Waals surface area contributed by atoms with Gasteiger partial charge < -0.3 is 4.57 Å². The molecule has 0 saturated carbocycles. The van der Waals surface area contributed by atoms with Crippen molar-refractivity contribution in [3.63, 3.8) is 0 Å². The van der Waals surface area contributed by atoms with Gasteiger partial charge in [-0.15, -0.1) is 0 Å². The molecule has 0 unspecified atom stereocenters. The van der Waals surface area contributed by atoms with E-state index in [1.165, 1.54) is 50.5 Å². The van der Waals surface area contributed by atoms with Crippen molar-refractivity contribution in [1.82, 2.24) is 4.57 Å². The molecular weight excluding hydrogens is 340 g/mol. The van der Waals surface area contributed by atoms with E-state index in [-0.39, 0.29) is 0 Å². The Balaban J connectivity index is 2.42. The standard InChI is InChI=1S/C26H35N2/c1-16(2)22-11-10-12-23(17(3)4)26(22)28-15-20(7)21(8)25(28)24-13-18(5)19(6)14-27(24)9/h10-17H,1-9H3/q+1. The largest absolute Gasteiger partial charge is 0.310 e. The van der Waals surface area contributed by atoms with Gasteiger partial charge in [-0.1, -0.05) is 45.9 Å². The van der Waals surface area contributed by atoms with E-state index in [1.807, 2.05) is 0 Å². The maximum Gasteiger partial charge on any atom is 0.229 e. The number of nitrogens with zero attached hydrogens (tertiary/aromatic N) is 2. The molecule has 0 aliphatic heterocycles. The summed E-state index contributed by atoms with van der Waals surface area (Å²) in [5, 5.41) is 0. The van der Waals surface area contributed by atoms with Gasteiger partial charge in [-0.25, -0.2) is 0 Å². The molecule has 0 radical (unpaired) electrons. The number of aromatic nitrogens is 2. The fourth-order valence-electron chi connectivity index (χ4n) is 4.12. The van der Waals surface area contributed by atoms with Crippen LogP contribution in [0.15, 0.2) is 36.7 Å². The third-order valence-corrected chi connectivity index (χ3v) is 6.08. The van der Waals surface area contributed by atoms with Gasteiger partial charge in [0.2, 0.25) is 5.69 Å². The molecule has 148 valence electrons. The predicted molar refractivity (Wildman–Crippen MR) is 120 cm³/mol. The summed E-state index contributed by atoms with van der Waals surface area (Å²) in [6.45, 7) is 18.0. The number of benzene rings is 1. The third kappa shape index (κ3) is 3.41. The van der Waals surface area contributed by atoms with E-state index >= 15 is 0 Å². The minimum Gasteiger partial charge on any atom is -0.310 e. The Kier molecular flexibility index (Phi) is 5.52. The Bertz CT molecular complexity index is 993. The Hall–Kier alpha value is -2.35. The summed E-state index contributed by atoms with van der Waals surface area (Å²) in [4.78, 5) is 0. The zero-order chi connectivity index (χ0) is 20.7. The average molecular weight is 376 g/mol. The van der Waals surface area contributed by atoms with Crippen molar-refractivity contribution >= 4 is 0 Å². The lowest BCUT2D eigenvalue weighted by atomic mass is 9.92. The molecule has 0 N–H and O–H groups in total. The van der Waals surface area contributed by atoms with E-state index < -0.39 is 0 Å². The molecule has 0 atom stereocenters. The van der Waals surface area contributed by atoms with Crippen LogP contribution >= 0.6 is 0 Å². The third-order valence-electron chi connectivity index (χ3n) is 6.08. The van der Waals surface area contributed by atoms with Crippen LogP contribution in [0.4, 0.5) is 0 Å². The van der Waals surface area contributed by atoms with Gasteiger partial charge in [-0.2, -0.15) is 4.57 Å². The van der Waals surface area contributed by atoms with Crippen LogP contribution in [0.25, 0.3) is 17.1 Å². The fourth-order valence-corrected chi connectivity index (χ4v) is 4.12. The Morgan fingerprint density at radius 2 is 1.39 bits per heavy atom. The number of hydrogen-bond acceptors (Lipinski definition) is 0. The predicted octanol–water partition coefficient (Wildman–Crippen LogP) is 6.45. The summed E-state index contributed by atoms with van der Waals surface area (Å²) in [6, 6.07) is 9.13. The Morgan fingerprint density at radius 3 is 1.93 bits per heavy atom. The molecule has 0 amide bonds. The molecule has 0 spiro atoms. The van der Waals surface area contributed by atoms with Crippen molar-refractivity contribution in [2.24, 2.45) is 7.05 Å². The molecular formula is C26H35N2+. The highest BCUT2D eigenvalue weighted by Crippen LogP contribution is 2.36. The van der Waals surface area contributed by atoms with Gasteiger partial charge in [0.15, 0.2) is 6.20 Å². The minimum absolute atomic E-state index is 0.470. The molecule has 2 aromatic heterocycles. The first-order valence-electron chi connectivity index (χ1n) is 10.4. The molecule has 3 aromatic rings. The SMILES string of the molecule is Cc1cc(-c2c(C)c(C)cn2-c2c(C(C)C)cccc2C(C)C)[n+](C)cc1C. The first kappa shape index (κ1) is 20.4. The topological polar surface area (TPSA) is 8.81 Å². The van der Waals surface area contributed by atoms with E-state index in [0.717, 1.165) is 0 Å². The second-order valence-electron chi connectivity index (χ2n) is 8.89. The summed E-state index contributed by atoms with van der Waals surface area (Å²) in [7, 11) is 2.16. The van der Waals surface area contributed by atoms with Crippen molar-refractivity contribution in [3.05, 3.63) is 70.0 Å². The molecule has 2 heteroatoms. The maximum atomic E-state index is 2.46. The van der Waals surface area contributed by atoms with Crippen LogP contribution < -0.4 is 4.57 Å². The van der Waals surface area contributed by atoms with Gasteiger partial charge in [-0.05, 0) is 67.3 Å². The molecule has 0 bridgehead atoms. The van der Waals surface area contributed by atoms with Crippen LogP contribution in [0.5, 0.6) is 0 Å². The number of aryl methyl sites for hydroxylation is 4. The number of pyridine rings is 1. The van der Waals surface area contributed by atoms with Gasteiger partial charge in [0.05, 0.1) is 5.69 Å².